The summed E-state index contributed by atoms with van der Waals surface area (Å²) in [6.45, 7) is 6.08. The van der Waals surface area contributed by atoms with Crippen LogP contribution in [0.25, 0.3) is 0 Å². The summed E-state index contributed by atoms with van der Waals surface area (Å²) in [5, 5.41) is 2.87. The van der Waals surface area contributed by atoms with Crippen LogP contribution in [0.1, 0.15) is 13.8 Å². The molecule has 0 radical (unpaired) electrons. The molecule has 21 heavy (non-hydrogen) atoms. The predicted molar refractivity (Wildman–Crippen MR) is 82.5 cm³/mol. The summed E-state index contributed by atoms with van der Waals surface area (Å²) in [5.74, 6) is 0.599. The van der Waals surface area contributed by atoms with Gasteiger partial charge in [-0.3, -0.25) is 9.69 Å². The molecule has 1 fully saturated rings. The molecule has 3 N–H and O–H groups in total. The van der Waals surface area contributed by atoms with Gasteiger partial charge in [-0.15, -0.1) is 0 Å². The first-order valence-corrected chi connectivity index (χ1v) is 7.11. The third-order valence-corrected chi connectivity index (χ3v) is 3.72. The second kappa shape index (κ2) is 6.78. The van der Waals surface area contributed by atoms with E-state index in [1.807, 2.05) is 13.8 Å². The van der Waals surface area contributed by atoms with E-state index in [-0.39, 0.29) is 18.1 Å². The Hall–Kier alpha value is -1.79. The number of nitrogen functional groups attached to an aromatic ring is 1. The third kappa shape index (κ3) is 3.86. The Bertz CT molecular complexity index is 507. The normalized spacial score (nSPS) is 20.8. The molecule has 2 atom stereocenters. The van der Waals surface area contributed by atoms with E-state index in [0.29, 0.717) is 23.7 Å². The van der Waals surface area contributed by atoms with E-state index in [2.05, 4.69) is 10.2 Å². The largest absolute Gasteiger partial charge is 0.497 e. The molecule has 1 aliphatic rings. The van der Waals surface area contributed by atoms with Crippen LogP contribution >= 0.6 is 0 Å². The number of methoxy groups -OCH3 is 1. The molecular weight excluding hydrogens is 270 g/mol. The van der Waals surface area contributed by atoms with Gasteiger partial charge in [0.2, 0.25) is 5.91 Å². The monoisotopic (exact) mass is 293 g/mol. The first-order chi connectivity index (χ1) is 10.0. The molecule has 116 valence electrons. The molecule has 0 saturated carbocycles. The average Bonchev–Trinajstić information content (AvgIpc) is 2.48. The minimum atomic E-state index is -0.224. The zero-order chi connectivity index (χ0) is 15.4. The lowest BCUT2D eigenvalue weighted by Gasteiger charge is -2.34. The van der Waals surface area contributed by atoms with Crippen molar-refractivity contribution in [1.29, 1.82) is 0 Å². The van der Waals surface area contributed by atoms with Gasteiger partial charge in [-0.25, -0.2) is 0 Å². The second-order valence-electron chi connectivity index (χ2n) is 5.29. The molecule has 1 saturated heterocycles. The number of nitrogens with two attached hydrogens (primary N) is 1. The maximum Gasteiger partial charge on any atom is 0.241 e. The summed E-state index contributed by atoms with van der Waals surface area (Å²) in [4.78, 5) is 14.5. The van der Waals surface area contributed by atoms with Crippen LogP contribution in [-0.4, -0.2) is 49.8 Å². The minimum Gasteiger partial charge on any atom is -0.497 e. The summed E-state index contributed by atoms with van der Waals surface area (Å²) in [7, 11) is 1.58. The molecule has 6 heteroatoms. The number of hydrogen-bond donors (Lipinski definition) is 2. The Morgan fingerprint density at radius 1 is 1.57 bits per heavy atom. The van der Waals surface area contributed by atoms with Crippen molar-refractivity contribution in [3.05, 3.63) is 18.2 Å². The van der Waals surface area contributed by atoms with Gasteiger partial charge >= 0.3 is 0 Å². The van der Waals surface area contributed by atoms with Crippen molar-refractivity contribution in [2.24, 2.45) is 0 Å². The molecule has 2 rings (SSSR count). The van der Waals surface area contributed by atoms with E-state index in [0.717, 1.165) is 13.1 Å². The Kier molecular flexibility index (Phi) is 5.03. The van der Waals surface area contributed by atoms with Crippen molar-refractivity contribution in [1.82, 2.24) is 4.90 Å². The van der Waals surface area contributed by atoms with Crippen molar-refractivity contribution in [3.63, 3.8) is 0 Å². The summed E-state index contributed by atoms with van der Waals surface area (Å²) in [6.07, 6.45) is 0.153. The minimum absolute atomic E-state index is 0.0685. The fourth-order valence-corrected chi connectivity index (χ4v) is 2.38. The Labute approximate surface area is 125 Å². The molecule has 0 bridgehead atoms. The van der Waals surface area contributed by atoms with Crippen molar-refractivity contribution in [2.45, 2.75) is 26.0 Å². The van der Waals surface area contributed by atoms with E-state index in [4.69, 9.17) is 15.2 Å². The van der Waals surface area contributed by atoms with Gasteiger partial charge in [0.05, 0.1) is 37.2 Å². The second-order valence-corrected chi connectivity index (χ2v) is 5.29. The number of hydrogen-bond acceptors (Lipinski definition) is 5. The van der Waals surface area contributed by atoms with Gasteiger partial charge in [0, 0.05) is 19.2 Å². The number of morpholine rings is 1. The van der Waals surface area contributed by atoms with Crippen molar-refractivity contribution < 1.29 is 14.3 Å². The number of rotatable bonds is 4. The highest BCUT2D eigenvalue weighted by atomic mass is 16.5. The first kappa shape index (κ1) is 15.6. The van der Waals surface area contributed by atoms with Crippen LogP contribution in [0.2, 0.25) is 0 Å². The maximum atomic E-state index is 12.3. The number of ether oxygens (including phenoxy) is 2. The van der Waals surface area contributed by atoms with Gasteiger partial charge in [0.25, 0.3) is 0 Å². The Balaban J connectivity index is 2.00. The molecule has 0 spiro atoms. The Morgan fingerprint density at radius 3 is 2.95 bits per heavy atom. The third-order valence-electron chi connectivity index (χ3n) is 3.72. The molecule has 1 aromatic rings. The van der Waals surface area contributed by atoms with Crippen LogP contribution < -0.4 is 15.8 Å². The summed E-state index contributed by atoms with van der Waals surface area (Å²) in [5.41, 5.74) is 7.01. The van der Waals surface area contributed by atoms with Crippen LogP contribution in [0, 0.1) is 0 Å². The van der Waals surface area contributed by atoms with Crippen LogP contribution in [-0.2, 0) is 9.53 Å². The SMILES string of the molecule is COc1ccc(NC(=O)C(C)N2CCOC(C)C2)c(N)c1. The topological polar surface area (TPSA) is 76.8 Å². The number of carbonyl (C=O) groups excluding carboxylic acids is 1. The lowest BCUT2D eigenvalue weighted by molar-refractivity contribution is -0.123. The van der Waals surface area contributed by atoms with Crippen LogP contribution in [0.4, 0.5) is 11.4 Å². The highest BCUT2D eigenvalue weighted by Gasteiger charge is 2.26. The molecule has 2 unspecified atom stereocenters. The molecule has 0 aromatic heterocycles. The molecule has 0 aliphatic carbocycles. The maximum absolute atomic E-state index is 12.3. The zero-order valence-corrected chi connectivity index (χ0v) is 12.8. The van der Waals surface area contributed by atoms with Crippen LogP contribution in [0.3, 0.4) is 0 Å². The van der Waals surface area contributed by atoms with Gasteiger partial charge in [-0.1, -0.05) is 0 Å². The molecule has 1 aromatic carbocycles. The quantitative estimate of drug-likeness (QED) is 0.819. The van der Waals surface area contributed by atoms with E-state index < -0.39 is 0 Å². The fourth-order valence-electron chi connectivity index (χ4n) is 2.38. The van der Waals surface area contributed by atoms with Gasteiger partial charge in [-0.2, -0.15) is 0 Å². The zero-order valence-electron chi connectivity index (χ0n) is 12.8. The fraction of sp³-hybridized carbons (Fsp3) is 0.533. The number of carbonyl (C=O) groups is 1. The highest BCUT2D eigenvalue weighted by Crippen LogP contribution is 2.24. The number of benzene rings is 1. The van der Waals surface area contributed by atoms with Gasteiger partial charge in [0.15, 0.2) is 0 Å². The summed E-state index contributed by atoms with van der Waals surface area (Å²) >= 11 is 0. The number of amides is 1. The standard InChI is InChI=1S/C15H23N3O3/c1-10-9-18(6-7-21-10)11(2)15(19)17-14-5-4-12(20-3)8-13(14)16/h4-5,8,10-11H,6-7,9,16H2,1-3H3,(H,17,19). The predicted octanol–water partition coefficient (Wildman–Crippen LogP) is 1.33. The average molecular weight is 293 g/mol. The molecular formula is C15H23N3O3. The Morgan fingerprint density at radius 2 is 2.33 bits per heavy atom. The summed E-state index contributed by atoms with van der Waals surface area (Å²) in [6, 6.07) is 4.99. The molecule has 6 nitrogen and oxygen atoms in total. The lowest BCUT2D eigenvalue weighted by atomic mass is 10.2. The number of nitrogens with one attached hydrogen (secondary N) is 1. The van der Waals surface area contributed by atoms with Gasteiger partial charge < -0.3 is 20.5 Å². The summed E-state index contributed by atoms with van der Waals surface area (Å²) < 4.78 is 10.6. The molecule has 1 heterocycles. The van der Waals surface area contributed by atoms with E-state index in [1.165, 1.54) is 0 Å². The van der Waals surface area contributed by atoms with E-state index in [1.54, 1.807) is 25.3 Å². The van der Waals surface area contributed by atoms with E-state index >= 15 is 0 Å². The van der Waals surface area contributed by atoms with Gasteiger partial charge in [0.1, 0.15) is 5.75 Å². The van der Waals surface area contributed by atoms with Crippen LogP contribution in [0.15, 0.2) is 18.2 Å². The first-order valence-electron chi connectivity index (χ1n) is 7.11. The van der Waals surface area contributed by atoms with Crippen molar-refractivity contribution in [3.8, 4) is 5.75 Å². The smallest absolute Gasteiger partial charge is 0.241 e. The molecule has 1 aliphatic heterocycles. The van der Waals surface area contributed by atoms with E-state index in [9.17, 15) is 4.79 Å². The van der Waals surface area contributed by atoms with Crippen LogP contribution in [0.5, 0.6) is 5.75 Å². The number of nitrogens with zero attached hydrogens (tertiary/aromatic N) is 1. The van der Waals surface area contributed by atoms with Crippen molar-refractivity contribution >= 4 is 17.3 Å². The van der Waals surface area contributed by atoms with Gasteiger partial charge in [-0.05, 0) is 26.0 Å². The molecule has 1 amide bonds. The lowest BCUT2D eigenvalue weighted by Crippen LogP contribution is -2.50. The highest BCUT2D eigenvalue weighted by molar-refractivity contribution is 5.97. The van der Waals surface area contributed by atoms with Crippen molar-refractivity contribution in [2.75, 3.05) is 37.9 Å². The number of anilines is 2.